The van der Waals surface area contributed by atoms with Crippen molar-refractivity contribution in [3.63, 3.8) is 0 Å². The molecule has 110 valence electrons. The van der Waals surface area contributed by atoms with Crippen LogP contribution in [0.25, 0.3) is 0 Å². The van der Waals surface area contributed by atoms with Gasteiger partial charge >= 0.3 is 0 Å². The number of hydrogen-bond donors (Lipinski definition) is 1. The van der Waals surface area contributed by atoms with Crippen LogP contribution in [0.1, 0.15) is 29.4 Å². The minimum Gasteiger partial charge on any atom is -0.316 e. The summed E-state index contributed by atoms with van der Waals surface area (Å²) in [7, 11) is 0. The predicted molar refractivity (Wildman–Crippen MR) is 88.5 cm³/mol. The van der Waals surface area contributed by atoms with E-state index < -0.39 is 0 Å². The van der Waals surface area contributed by atoms with Crippen molar-refractivity contribution >= 4 is 27.5 Å². The minimum atomic E-state index is -0.272. The van der Waals surface area contributed by atoms with Crippen molar-refractivity contribution in [1.82, 2.24) is 5.32 Å². The summed E-state index contributed by atoms with van der Waals surface area (Å²) >= 11 is 9.47. The highest BCUT2D eigenvalue weighted by atomic mass is 79.9. The Labute approximate surface area is 137 Å². The van der Waals surface area contributed by atoms with Crippen LogP contribution in [0.15, 0.2) is 46.9 Å². The monoisotopic (exact) mass is 367 g/mol. The van der Waals surface area contributed by atoms with Crippen LogP contribution in [0.3, 0.4) is 0 Å². The highest BCUT2D eigenvalue weighted by molar-refractivity contribution is 9.10. The Kier molecular flexibility index (Phi) is 4.63. The average molecular weight is 369 g/mol. The van der Waals surface area contributed by atoms with Gasteiger partial charge < -0.3 is 5.32 Å². The van der Waals surface area contributed by atoms with Crippen molar-refractivity contribution in [2.75, 3.05) is 13.1 Å². The van der Waals surface area contributed by atoms with Gasteiger partial charge in [-0.15, -0.1) is 0 Å². The van der Waals surface area contributed by atoms with E-state index in [9.17, 15) is 4.39 Å². The lowest BCUT2D eigenvalue weighted by molar-refractivity contribution is 0.393. The van der Waals surface area contributed by atoms with E-state index in [1.165, 1.54) is 5.56 Å². The fraction of sp³-hybridized carbons (Fsp3) is 0.294. The zero-order chi connectivity index (χ0) is 14.8. The van der Waals surface area contributed by atoms with Crippen molar-refractivity contribution in [2.45, 2.75) is 18.3 Å². The average Bonchev–Trinajstić information content (AvgIpc) is 2.50. The van der Waals surface area contributed by atoms with Gasteiger partial charge in [-0.2, -0.15) is 0 Å². The molecule has 2 atom stereocenters. The molecule has 0 bridgehead atoms. The Balaban J connectivity index is 2.00. The van der Waals surface area contributed by atoms with E-state index in [-0.39, 0.29) is 22.7 Å². The number of hydrogen-bond acceptors (Lipinski definition) is 1. The van der Waals surface area contributed by atoms with Gasteiger partial charge in [-0.3, -0.25) is 0 Å². The van der Waals surface area contributed by atoms with Gasteiger partial charge in [-0.05, 0) is 48.2 Å². The summed E-state index contributed by atoms with van der Waals surface area (Å²) in [5.74, 6) is 0.134. The second-order valence-electron chi connectivity index (χ2n) is 5.40. The summed E-state index contributed by atoms with van der Waals surface area (Å²) in [4.78, 5) is 0. The Bertz CT molecular complexity index is 646. The van der Waals surface area contributed by atoms with Gasteiger partial charge in [0.05, 0.1) is 5.02 Å². The fourth-order valence-electron chi connectivity index (χ4n) is 3.13. The third-order valence-corrected chi connectivity index (χ3v) is 4.92. The molecule has 1 nitrogen and oxygen atoms in total. The van der Waals surface area contributed by atoms with E-state index in [2.05, 4.69) is 33.4 Å². The zero-order valence-electron chi connectivity index (χ0n) is 11.5. The molecule has 4 heteroatoms. The molecule has 3 rings (SSSR count). The molecule has 1 heterocycles. The van der Waals surface area contributed by atoms with Gasteiger partial charge in [-0.1, -0.05) is 51.8 Å². The number of nitrogens with one attached hydrogen (secondary N) is 1. The second-order valence-corrected chi connectivity index (χ2v) is 6.73. The third kappa shape index (κ3) is 3.15. The second kappa shape index (κ2) is 6.47. The number of piperidine rings is 1. The SMILES string of the molecule is Fc1c(Cl)cccc1C1CCNCC1c1cccc(Br)c1. The molecule has 1 N–H and O–H groups in total. The van der Waals surface area contributed by atoms with Crippen LogP contribution in [0.4, 0.5) is 4.39 Å². The largest absolute Gasteiger partial charge is 0.316 e. The molecule has 0 saturated carbocycles. The highest BCUT2D eigenvalue weighted by Gasteiger charge is 2.30. The lowest BCUT2D eigenvalue weighted by Gasteiger charge is -2.33. The molecule has 21 heavy (non-hydrogen) atoms. The molecule has 2 unspecified atom stereocenters. The molecule has 0 amide bonds. The molecule has 1 aliphatic heterocycles. The molecule has 0 aromatic heterocycles. The maximum absolute atomic E-state index is 14.4. The van der Waals surface area contributed by atoms with E-state index in [0.717, 1.165) is 29.5 Å². The van der Waals surface area contributed by atoms with Crippen LogP contribution in [0.2, 0.25) is 5.02 Å². The molecule has 1 fully saturated rings. The summed E-state index contributed by atoms with van der Waals surface area (Å²) in [6.07, 6.45) is 0.911. The van der Waals surface area contributed by atoms with E-state index in [4.69, 9.17) is 11.6 Å². The van der Waals surface area contributed by atoms with Gasteiger partial charge in [0.15, 0.2) is 0 Å². The number of benzene rings is 2. The topological polar surface area (TPSA) is 12.0 Å². The van der Waals surface area contributed by atoms with E-state index in [1.807, 2.05) is 24.3 Å². The fourth-order valence-corrected chi connectivity index (χ4v) is 3.72. The molecular formula is C17H16BrClFN. The standard InChI is InChI=1S/C17H16BrClFN/c18-12-4-1-3-11(9-12)15-10-21-8-7-13(15)14-5-2-6-16(19)17(14)20/h1-6,9,13,15,21H,7-8,10H2. The van der Waals surface area contributed by atoms with E-state index >= 15 is 0 Å². The van der Waals surface area contributed by atoms with Gasteiger partial charge in [0.1, 0.15) is 5.82 Å². The van der Waals surface area contributed by atoms with Gasteiger partial charge in [0.25, 0.3) is 0 Å². The van der Waals surface area contributed by atoms with Gasteiger partial charge in [0.2, 0.25) is 0 Å². The van der Waals surface area contributed by atoms with Crippen LogP contribution < -0.4 is 5.32 Å². The Morgan fingerprint density at radius 2 is 1.95 bits per heavy atom. The van der Waals surface area contributed by atoms with Gasteiger partial charge in [-0.25, -0.2) is 4.39 Å². The summed E-state index contributed by atoms with van der Waals surface area (Å²) < 4.78 is 15.4. The molecule has 0 aliphatic carbocycles. The lowest BCUT2D eigenvalue weighted by Crippen LogP contribution is -2.34. The van der Waals surface area contributed by atoms with Crippen molar-refractivity contribution < 1.29 is 4.39 Å². The maximum Gasteiger partial charge on any atom is 0.145 e. The van der Waals surface area contributed by atoms with Crippen molar-refractivity contribution in [3.8, 4) is 0 Å². The van der Waals surface area contributed by atoms with Crippen LogP contribution in [0.5, 0.6) is 0 Å². The summed E-state index contributed by atoms with van der Waals surface area (Å²) in [6, 6.07) is 13.6. The van der Waals surface area contributed by atoms with E-state index in [0.29, 0.717) is 0 Å². The molecule has 1 saturated heterocycles. The third-order valence-electron chi connectivity index (χ3n) is 4.14. The Hall–Kier alpha value is -0.900. The minimum absolute atomic E-state index is 0.152. The molecular weight excluding hydrogens is 353 g/mol. The summed E-state index contributed by atoms with van der Waals surface area (Å²) in [5.41, 5.74) is 1.95. The quantitative estimate of drug-likeness (QED) is 0.777. The summed E-state index contributed by atoms with van der Waals surface area (Å²) in [5, 5.41) is 3.62. The van der Waals surface area contributed by atoms with Crippen LogP contribution in [-0.4, -0.2) is 13.1 Å². The number of halogens is 3. The first-order valence-electron chi connectivity index (χ1n) is 7.07. The smallest absolute Gasteiger partial charge is 0.145 e. The Morgan fingerprint density at radius 3 is 2.76 bits per heavy atom. The Morgan fingerprint density at radius 1 is 1.14 bits per heavy atom. The van der Waals surface area contributed by atoms with Crippen molar-refractivity contribution in [3.05, 3.63) is 68.9 Å². The predicted octanol–water partition coefficient (Wildman–Crippen LogP) is 5.10. The first kappa shape index (κ1) is 15.0. The highest BCUT2D eigenvalue weighted by Crippen LogP contribution is 2.40. The first-order chi connectivity index (χ1) is 10.2. The maximum atomic E-state index is 14.4. The molecule has 0 spiro atoms. The van der Waals surface area contributed by atoms with Crippen LogP contribution >= 0.6 is 27.5 Å². The van der Waals surface area contributed by atoms with Crippen molar-refractivity contribution in [2.24, 2.45) is 0 Å². The molecule has 2 aromatic rings. The zero-order valence-corrected chi connectivity index (χ0v) is 13.8. The molecule has 2 aromatic carbocycles. The van der Waals surface area contributed by atoms with Crippen molar-refractivity contribution in [1.29, 1.82) is 0 Å². The molecule has 1 aliphatic rings. The normalized spacial score (nSPS) is 22.2. The first-order valence-corrected chi connectivity index (χ1v) is 8.24. The lowest BCUT2D eigenvalue weighted by atomic mass is 9.77. The van der Waals surface area contributed by atoms with Crippen LogP contribution in [-0.2, 0) is 0 Å². The van der Waals surface area contributed by atoms with Gasteiger partial charge in [0, 0.05) is 16.9 Å². The molecule has 0 radical (unpaired) electrons. The number of rotatable bonds is 2. The van der Waals surface area contributed by atoms with Crippen LogP contribution in [0, 0.1) is 5.82 Å². The van der Waals surface area contributed by atoms with E-state index in [1.54, 1.807) is 6.07 Å². The summed E-state index contributed by atoms with van der Waals surface area (Å²) in [6.45, 7) is 1.76.